The van der Waals surface area contributed by atoms with Crippen LogP contribution in [-0.2, 0) is 11.3 Å². The Morgan fingerprint density at radius 1 is 1.25 bits per heavy atom. The van der Waals surface area contributed by atoms with Crippen molar-refractivity contribution in [1.29, 1.82) is 0 Å². The number of aryl methyl sites for hydroxylation is 1. The second-order valence-electron chi connectivity index (χ2n) is 4.30. The molecule has 0 fully saturated rings. The Bertz CT molecular complexity index is 612. The molecular formula is C15H15BrN2O2. The monoisotopic (exact) mass is 334 g/mol. The normalized spacial score (nSPS) is 10.2. The number of pyridine rings is 1. The van der Waals surface area contributed by atoms with E-state index in [4.69, 9.17) is 4.74 Å². The van der Waals surface area contributed by atoms with Gasteiger partial charge in [0, 0.05) is 11.0 Å². The summed E-state index contributed by atoms with van der Waals surface area (Å²) in [7, 11) is 1.36. The van der Waals surface area contributed by atoms with Gasteiger partial charge in [-0.25, -0.2) is 9.78 Å². The van der Waals surface area contributed by atoms with Crippen LogP contribution in [0.25, 0.3) is 0 Å². The average Bonchev–Trinajstić information content (AvgIpc) is 2.46. The number of carbonyl (C=O) groups excluding carboxylic acids is 1. The van der Waals surface area contributed by atoms with Crippen LogP contribution < -0.4 is 5.32 Å². The Labute approximate surface area is 126 Å². The lowest BCUT2D eigenvalue weighted by molar-refractivity contribution is 0.0599. The molecule has 20 heavy (non-hydrogen) atoms. The number of esters is 1. The molecule has 0 spiro atoms. The van der Waals surface area contributed by atoms with Crippen LogP contribution in [0.15, 0.2) is 40.9 Å². The number of hydrogen-bond acceptors (Lipinski definition) is 4. The van der Waals surface area contributed by atoms with Gasteiger partial charge in [0.1, 0.15) is 5.82 Å². The molecule has 0 saturated carbocycles. The van der Waals surface area contributed by atoms with E-state index in [0.717, 1.165) is 15.9 Å². The van der Waals surface area contributed by atoms with Gasteiger partial charge in [0.05, 0.1) is 18.4 Å². The zero-order valence-corrected chi connectivity index (χ0v) is 12.9. The average molecular weight is 335 g/mol. The third kappa shape index (κ3) is 3.57. The van der Waals surface area contributed by atoms with Gasteiger partial charge in [-0.15, -0.1) is 0 Å². The predicted octanol–water partition coefficient (Wildman–Crippen LogP) is 3.55. The minimum atomic E-state index is -0.366. The molecule has 0 saturated heterocycles. The van der Waals surface area contributed by atoms with Crippen molar-refractivity contribution in [3.05, 3.63) is 57.7 Å². The van der Waals surface area contributed by atoms with Crippen LogP contribution in [0.2, 0.25) is 0 Å². The minimum Gasteiger partial charge on any atom is -0.465 e. The second kappa shape index (κ2) is 6.52. The summed E-state index contributed by atoms with van der Waals surface area (Å²) in [6.07, 6.45) is 0. The number of rotatable bonds is 4. The molecule has 0 bridgehead atoms. The van der Waals surface area contributed by atoms with Gasteiger partial charge in [0.25, 0.3) is 0 Å². The van der Waals surface area contributed by atoms with Crippen molar-refractivity contribution in [3.8, 4) is 0 Å². The lowest BCUT2D eigenvalue weighted by atomic mass is 10.2. The molecule has 5 heteroatoms. The Morgan fingerprint density at radius 2 is 1.95 bits per heavy atom. The smallest absolute Gasteiger partial charge is 0.339 e. The molecule has 4 nitrogen and oxygen atoms in total. The van der Waals surface area contributed by atoms with Crippen molar-refractivity contribution in [1.82, 2.24) is 4.98 Å². The number of benzene rings is 1. The number of nitrogens with zero attached hydrogens (tertiary/aromatic N) is 1. The summed E-state index contributed by atoms with van der Waals surface area (Å²) in [5.74, 6) is 0.368. The third-order valence-electron chi connectivity index (χ3n) is 2.88. The fourth-order valence-electron chi connectivity index (χ4n) is 1.78. The number of aromatic nitrogens is 1. The zero-order valence-electron chi connectivity index (χ0n) is 11.3. The fourth-order valence-corrected chi connectivity index (χ4v) is 2.04. The van der Waals surface area contributed by atoms with Gasteiger partial charge in [-0.1, -0.05) is 28.1 Å². The van der Waals surface area contributed by atoms with Gasteiger partial charge in [0.15, 0.2) is 0 Å². The van der Waals surface area contributed by atoms with Crippen LogP contribution in [0, 0.1) is 6.92 Å². The fraction of sp³-hybridized carbons (Fsp3) is 0.200. The molecule has 1 aromatic heterocycles. The lowest BCUT2D eigenvalue weighted by Crippen LogP contribution is -2.08. The first kappa shape index (κ1) is 14.5. The van der Waals surface area contributed by atoms with Crippen LogP contribution in [0.1, 0.15) is 21.6 Å². The van der Waals surface area contributed by atoms with Crippen LogP contribution in [-0.4, -0.2) is 18.1 Å². The molecule has 0 aliphatic rings. The molecule has 0 aliphatic heterocycles. The van der Waals surface area contributed by atoms with Gasteiger partial charge in [-0.2, -0.15) is 0 Å². The first-order chi connectivity index (χ1) is 9.60. The van der Waals surface area contributed by atoms with Crippen LogP contribution in [0.5, 0.6) is 0 Å². The molecule has 0 radical (unpaired) electrons. The molecular weight excluding hydrogens is 320 g/mol. The van der Waals surface area contributed by atoms with Gasteiger partial charge in [-0.05, 0) is 36.8 Å². The van der Waals surface area contributed by atoms with Crippen molar-refractivity contribution in [2.45, 2.75) is 13.5 Å². The Balaban J connectivity index is 2.05. The number of nitrogens with one attached hydrogen (secondary N) is 1. The summed E-state index contributed by atoms with van der Waals surface area (Å²) in [4.78, 5) is 15.8. The van der Waals surface area contributed by atoms with E-state index < -0.39 is 0 Å². The first-order valence-corrected chi connectivity index (χ1v) is 6.93. The predicted molar refractivity (Wildman–Crippen MR) is 81.8 cm³/mol. The van der Waals surface area contributed by atoms with Crippen LogP contribution in [0.3, 0.4) is 0 Å². The molecule has 1 N–H and O–H groups in total. The summed E-state index contributed by atoms with van der Waals surface area (Å²) >= 11 is 3.40. The van der Waals surface area contributed by atoms with Gasteiger partial charge < -0.3 is 10.1 Å². The highest BCUT2D eigenvalue weighted by Crippen LogP contribution is 2.14. The molecule has 2 rings (SSSR count). The minimum absolute atomic E-state index is 0.366. The molecule has 0 amide bonds. The number of carbonyl (C=O) groups is 1. The maximum absolute atomic E-state index is 11.5. The highest BCUT2D eigenvalue weighted by atomic mass is 79.9. The molecule has 0 atom stereocenters. The zero-order chi connectivity index (χ0) is 14.5. The highest BCUT2D eigenvalue weighted by Gasteiger charge is 2.10. The summed E-state index contributed by atoms with van der Waals surface area (Å²) in [6.45, 7) is 2.47. The standard InChI is InChI=1S/C15H15BrN2O2/c1-10-13(15(19)20-2)7-8-14(18-10)17-9-11-3-5-12(16)6-4-11/h3-8H,9H2,1-2H3,(H,17,18). The Kier molecular flexibility index (Phi) is 4.74. The number of halogens is 1. The summed E-state index contributed by atoms with van der Waals surface area (Å²) in [6, 6.07) is 11.6. The summed E-state index contributed by atoms with van der Waals surface area (Å²) in [5.41, 5.74) is 2.30. The van der Waals surface area contributed by atoms with Crippen molar-refractivity contribution >= 4 is 27.7 Å². The second-order valence-corrected chi connectivity index (χ2v) is 5.22. The molecule has 2 aromatic rings. The Hall–Kier alpha value is -1.88. The summed E-state index contributed by atoms with van der Waals surface area (Å²) in [5, 5.41) is 3.23. The van der Waals surface area contributed by atoms with Gasteiger partial charge >= 0.3 is 5.97 Å². The van der Waals surface area contributed by atoms with Crippen molar-refractivity contribution < 1.29 is 9.53 Å². The van der Waals surface area contributed by atoms with E-state index in [1.165, 1.54) is 7.11 Å². The number of methoxy groups -OCH3 is 1. The van der Waals surface area contributed by atoms with Gasteiger partial charge in [0.2, 0.25) is 0 Å². The number of ether oxygens (including phenoxy) is 1. The SMILES string of the molecule is COC(=O)c1ccc(NCc2ccc(Br)cc2)nc1C. The highest BCUT2D eigenvalue weighted by molar-refractivity contribution is 9.10. The topological polar surface area (TPSA) is 51.2 Å². The number of anilines is 1. The molecule has 104 valence electrons. The van der Waals surface area contributed by atoms with E-state index >= 15 is 0 Å². The molecule has 0 unspecified atom stereocenters. The van der Waals surface area contributed by atoms with Crippen LogP contribution >= 0.6 is 15.9 Å². The van der Waals surface area contributed by atoms with Crippen molar-refractivity contribution in [2.24, 2.45) is 0 Å². The molecule has 0 aliphatic carbocycles. The number of hydrogen-bond donors (Lipinski definition) is 1. The molecule has 1 aromatic carbocycles. The largest absolute Gasteiger partial charge is 0.465 e. The van der Waals surface area contributed by atoms with E-state index in [1.807, 2.05) is 24.3 Å². The van der Waals surface area contributed by atoms with E-state index in [0.29, 0.717) is 17.8 Å². The first-order valence-electron chi connectivity index (χ1n) is 6.14. The quantitative estimate of drug-likeness (QED) is 0.868. The van der Waals surface area contributed by atoms with Gasteiger partial charge in [-0.3, -0.25) is 0 Å². The lowest BCUT2D eigenvalue weighted by Gasteiger charge is -2.09. The maximum atomic E-state index is 11.5. The van der Waals surface area contributed by atoms with E-state index in [2.05, 4.69) is 26.2 Å². The van der Waals surface area contributed by atoms with E-state index in [1.54, 1.807) is 19.1 Å². The third-order valence-corrected chi connectivity index (χ3v) is 3.41. The maximum Gasteiger partial charge on any atom is 0.339 e. The van der Waals surface area contributed by atoms with Crippen molar-refractivity contribution in [3.63, 3.8) is 0 Å². The van der Waals surface area contributed by atoms with E-state index in [-0.39, 0.29) is 5.97 Å². The molecule has 1 heterocycles. The Morgan fingerprint density at radius 3 is 2.55 bits per heavy atom. The van der Waals surface area contributed by atoms with E-state index in [9.17, 15) is 4.79 Å². The van der Waals surface area contributed by atoms with Crippen LogP contribution in [0.4, 0.5) is 5.82 Å². The van der Waals surface area contributed by atoms with Crippen molar-refractivity contribution in [2.75, 3.05) is 12.4 Å². The summed E-state index contributed by atoms with van der Waals surface area (Å²) < 4.78 is 5.75.